The molecule has 0 aromatic carbocycles. The van der Waals surface area contributed by atoms with E-state index in [0.717, 1.165) is 5.92 Å². The van der Waals surface area contributed by atoms with Gasteiger partial charge in [0.1, 0.15) is 0 Å². The molecule has 0 saturated heterocycles. The van der Waals surface area contributed by atoms with Crippen LogP contribution in [-0.2, 0) is 0 Å². The van der Waals surface area contributed by atoms with Crippen LogP contribution in [0.3, 0.4) is 0 Å². The minimum Gasteiger partial charge on any atom is -1.00 e. The van der Waals surface area contributed by atoms with Crippen molar-refractivity contribution in [3.63, 3.8) is 0 Å². The largest absolute Gasteiger partial charge is 1.00 e. The van der Waals surface area contributed by atoms with Crippen LogP contribution in [0.25, 0.3) is 0 Å². The second kappa shape index (κ2) is 18.3. The average molecular weight is 509 g/mol. The summed E-state index contributed by atoms with van der Waals surface area (Å²) >= 11 is 0. The molecule has 0 aliphatic carbocycles. The lowest BCUT2D eigenvalue weighted by atomic mass is 9.68. The van der Waals surface area contributed by atoms with E-state index >= 15 is 0 Å². The van der Waals surface area contributed by atoms with Crippen molar-refractivity contribution < 1.29 is 15.9 Å². The Kier molecular flexibility index (Phi) is 20.1. The summed E-state index contributed by atoms with van der Waals surface area (Å²) in [6.45, 7) is 15.0. The standard InChI is InChI=1S/C26H62NSi3.ClH/c1-7-8-9-10-11-12-13-14-15-16-17-18-19-20-21-22-23-24(25(2,3)4)26(5,6)27(28,29)30;/h24H,7-23H2,1-6,28-30H3;1H/q+1;/p-1. The molecule has 1 nitrogen and oxygen atoms in total. The lowest BCUT2D eigenvalue weighted by molar-refractivity contribution is -0.643. The molecular formula is C26H62ClNSi3. The normalized spacial score (nSPS) is 15.7. The van der Waals surface area contributed by atoms with Gasteiger partial charge in [-0.1, -0.05) is 130 Å². The SMILES string of the molecule is CCCCCCCCCCCCCCCCCCC(C(C)(C)C)C(C)(C)[N+]([SiH3])([SiH3])[SiH3].[Cl-]. The van der Waals surface area contributed by atoms with Gasteiger partial charge in [0, 0.05) is 11.5 Å². The summed E-state index contributed by atoms with van der Waals surface area (Å²) in [4.78, 5) is 0. The van der Waals surface area contributed by atoms with E-state index in [9.17, 15) is 0 Å². The molecule has 31 heavy (non-hydrogen) atoms. The highest BCUT2D eigenvalue weighted by Crippen LogP contribution is 2.42. The van der Waals surface area contributed by atoms with Gasteiger partial charge in [-0.3, -0.25) is 0 Å². The third kappa shape index (κ3) is 16.2. The molecule has 0 spiro atoms. The second-order valence-electron chi connectivity index (χ2n) is 12.7. The summed E-state index contributed by atoms with van der Waals surface area (Å²) in [5.74, 6) is 0.865. The van der Waals surface area contributed by atoms with E-state index in [0.29, 0.717) is 11.0 Å². The molecule has 0 amide bonds. The van der Waals surface area contributed by atoms with Crippen molar-refractivity contribution in [1.82, 2.24) is 0 Å². The molecule has 0 fully saturated rings. The number of halogens is 1. The first-order valence-electron chi connectivity index (χ1n) is 13.8. The van der Waals surface area contributed by atoms with Crippen molar-refractivity contribution in [2.24, 2.45) is 11.3 Å². The maximum absolute atomic E-state index is 2.59. The Hall–Kier alpha value is 0.901. The molecule has 0 aliphatic heterocycles. The van der Waals surface area contributed by atoms with Gasteiger partial charge in [0.05, 0.1) is 0 Å². The van der Waals surface area contributed by atoms with Crippen molar-refractivity contribution in [1.29, 1.82) is 0 Å². The van der Waals surface area contributed by atoms with Crippen LogP contribution in [0.1, 0.15) is 151 Å². The van der Waals surface area contributed by atoms with Crippen molar-refractivity contribution in [3.05, 3.63) is 0 Å². The predicted molar refractivity (Wildman–Crippen MR) is 151 cm³/mol. The molecule has 5 heteroatoms. The number of hydrogen-bond donors (Lipinski definition) is 0. The van der Waals surface area contributed by atoms with Gasteiger partial charge >= 0.3 is 0 Å². The van der Waals surface area contributed by atoms with Crippen molar-refractivity contribution in [2.75, 3.05) is 0 Å². The fourth-order valence-electron chi connectivity index (χ4n) is 5.21. The van der Waals surface area contributed by atoms with Gasteiger partial charge in [-0.25, -0.2) is 0 Å². The Bertz CT molecular complexity index is 402. The Morgan fingerprint density at radius 1 is 0.548 bits per heavy atom. The minimum absolute atomic E-state index is 0. The average Bonchev–Trinajstić information content (AvgIpc) is 2.62. The van der Waals surface area contributed by atoms with Crippen LogP contribution in [0.5, 0.6) is 0 Å². The maximum Gasteiger partial charge on any atom is 0.205 e. The zero-order valence-corrected chi connectivity index (χ0v) is 30.2. The van der Waals surface area contributed by atoms with E-state index in [1.54, 1.807) is 0 Å². The molecule has 0 bridgehead atoms. The Morgan fingerprint density at radius 2 is 0.839 bits per heavy atom. The molecule has 0 aliphatic rings. The van der Waals surface area contributed by atoms with Gasteiger partial charge in [0.15, 0.2) is 0 Å². The summed E-state index contributed by atoms with van der Waals surface area (Å²) in [6, 6.07) is 0. The van der Waals surface area contributed by atoms with Gasteiger partial charge in [0.2, 0.25) is 31.2 Å². The molecular weight excluding hydrogens is 446 g/mol. The number of hydrogen-bond acceptors (Lipinski definition) is 0. The van der Waals surface area contributed by atoms with Crippen LogP contribution >= 0.6 is 0 Å². The van der Waals surface area contributed by atoms with Crippen LogP contribution in [0, 0.1) is 11.3 Å². The lowest BCUT2D eigenvalue weighted by Crippen LogP contribution is -3.00. The Morgan fingerprint density at radius 3 is 1.10 bits per heavy atom. The second-order valence-corrected chi connectivity index (χ2v) is 24.8. The van der Waals surface area contributed by atoms with Gasteiger partial charge in [0.25, 0.3) is 0 Å². The first-order chi connectivity index (χ1) is 13.9. The highest BCUT2D eigenvalue weighted by molar-refractivity contribution is 6.29. The van der Waals surface area contributed by atoms with Crippen LogP contribution in [0.2, 0.25) is 0 Å². The topological polar surface area (TPSA) is 0 Å². The van der Waals surface area contributed by atoms with E-state index in [4.69, 9.17) is 0 Å². The minimum atomic E-state index is 0. The zero-order valence-electron chi connectivity index (χ0n) is 23.4. The fraction of sp³-hybridized carbons (Fsp3) is 1.00. The molecule has 0 radical (unpaired) electrons. The van der Waals surface area contributed by atoms with Crippen LogP contribution in [0.4, 0.5) is 0 Å². The van der Waals surface area contributed by atoms with E-state index in [1.807, 2.05) is 0 Å². The quantitative estimate of drug-likeness (QED) is 0.186. The van der Waals surface area contributed by atoms with Crippen molar-refractivity contribution >= 4 is 31.2 Å². The maximum atomic E-state index is 2.59. The lowest BCUT2D eigenvalue weighted by Gasteiger charge is -2.55. The summed E-state index contributed by atoms with van der Waals surface area (Å²) < 4.78 is 1.47. The molecule has 1 unspecified atom stereocenters. The van der Waals surface area contributed by atoms with Gasteiger partial charge in [-0.05, 0) is 25.7 Å². The highest BCUT2D eigenvalue weighted by Gasteiger charge is 2.43. The first-order valence-corrected chi connectivity index (χ1v) is 16.4. The van der Waals surface area contributed by atoms with Crippen LogP contribution in [-0.4, -0.2) is 40.2 Å². The Labute approximate surface area is 214 Å². The molecule has 0 saturated carbocycles. The van der Waals surface area contributed by atoms with Gasteiger partial charge in [-0.15, -0.1) is 0 Å². The number of rotatable bonds is 19. The van der Waals surface area contributed by atoms with Crippen LogP contribution < -0.4 is 12.4 Å². The number of unbranched alkanes of at least 4 members (excludes halogenated alkanes) is 15. The summed E-state index contributed by atoms with van der Waals surface area (Å²) in [7, 11) is 4.02. The summed E-state index contributed by atoms with van der Waals surface area (Å²) in [6.07, 6.45) is 24.9. The molecule has 0 aromatic heterocycles. The predicted octanol–water partition coefficient (Wildman–Crippen LogP) is 2.74. The molecule has 190 valence electrons. The highest BCUT2D eigenvalue weighted by atomic mass is 35.5. The zero-order chi connectivity index (χ0) is 23.1. The third-order valence-electron chi connectivity index (χ3n) is 7.97. The van der Waals surface area contributed by atoms with Crippen molar-refractivity contribution in [2.45, 2.75) is 156 Å². The molecule has 0 aromatic rings. The van der Waals surface area contributed by atoms with E-state index in [2.05, 4.69) is 41.5 Å². The molecule has 1 atom stereocenters. The monoisotopic (exact) mass is 507 g/mol. The smallest absolute Gasteiger partial charge is 0.205 e. The molecule has 0 N–H and O–H groups in total. The van der Waals surface area contributed by atoms with Gasteiger partial charge < -0.3 is 15.9 Å². The molecule has 0 heterocycles. The van der Waals surface area contributed by atoms with Gasteiger partial charge in [-0.2, -0.15) is 0 Å². The fourth-order valence-corrected chi connectivity index (χ4v) is 6.15. The Balaban J connectivity index is 0. The van der Waals surface area contributed by atoms with Crippen LogP contribution in [0.15, 0.2) is 0 Å². The van der Waals surface area contributed by atoms with E-state index < -0.39 is 0 Å². The summed E-state index contributed by atoms with van der Waals surface area (Å²) in [5, 5.41) is 0. The molecule has 0 rings (SSSR count). The van der Waals surface area contributed by atoms with Crippen molar-refractivity contribution in [3.8, 4) is 0 Å². The van der Waals surface area contributed by atoms with E-state index in [1.165, 1.54) is 144 Å². The number of quaternary nitrogens is 1. The third-order valence-corrected chi connectivity index (χ3v) is 11.4. The first kappa shape index (κ1) is 34.1. The number of nitrogens with zero attached hydrogens (tertiary/aromatic N) is 1. The summed E-state index contributed by atoms with van der Waals surface area (Å²) in [5.41, 5.74) is 0.945. The van der Waals surface area contributed by atoms with E-state index in [-0.39, 0.29) is 12.4 Å².